The second-order valence-electron chi connectivity index (χ2n) is 2.13. The summed E-state index contributed by atoms with van der Waals surface area (Å²) in [5.74, 6) is 0. The van der Waals surface area contributed by atoms with E-state index in [1.165, 1.54) is 0 Å². The number of hydrogen-bond acceptors (Lipinski definition) is 4. The Bertz CT molecular complexity index is 77.4. The van der Waals surface area contributed by atoms with Crippen molar-refractivity contribution in [3.05, 3.63) is 0 Å². The van der Waals surface area contributed by atoms with Crippen molar-refractivity contribution in [2.24, 2.45) is 0 Å². The lowest BCUT2D eigenvalue weighted by atomic mass is 10.3. The number of hydrogen-bond donors (Lipinski definition) is 2. The number of aliphatic hydroxyl groups excluding tert-OH is 1. The fourth-order valence-corrected chi connectivity index (χ4v) is 0.511. The lowest BCUT2D eigenvalue weighted by molar-refractivity contribution is -0.339. The highest BCUT2D eigenvalue weighted by molar-refractivity contribution is 4.45. The lowest BCUT2D eigenvalue weighted by Gasteiger charge is -2.13. The molecule has 4 heteroatoms. The van der Waals surface area contributed by atoms with Crippen molar-refractivity contribution in [2.45, 2.75) is 26.4 Å². The van der Waals surface area contributed by atoms with Gasteiger partial charge in [0, 0.05) is 0 Å². The maximum atomic E-state index is 8.80. The molecular weight excluding hydrogens is 134 g/mol. The van der Waals surface area contributed by atoms with Crippen molar-refractivity contribution < 1.29 is 15.2 Å². The SMILES string of the molecule is CCON(O)CCC(C)O. The van der Waals surface area contributed by atoms with Crippen molar-refractivity contribution in [3.63, 3.8) is 0 Å². The highest BCUT2D eigenvalue weighted by atomic mass is 16.9. The van der Waals surface area contributed by atoms with Gasteiger partial charge in [0.2, 0.25) is 0 Å². The number of aliphatic hydroxyl groups is 1. The molecule has 4 nitrogen and oxygen atoms in total. The third-order valence-electron chi connectivity index (χ3n) is 1.02. The van der Waals surface area contributed by atoms with Crippen LogP contribution >= 0.6 is 0 Å². The van der Waals surface area contributed by atoms with Gasteiger partial charge in [-0.15, -0.1) is 0 Å². The first-order valence-electron chi connectivity index (χ1n) is 3.44. The summed E-state index contributed by atoms with van der Waals surface area (Å²) in [7, 11) is 0. The predicted octanol–water partition coefficient (Wildman–Crippen LogP) is 0.400. The van der Waals surface area contributed by atoms with Gasteiger partial charge in [0.25, 0.3) is 0 Å². The molecule has 0 aromatic carbocycles. The molecule has 0 saturated carbocycles. The average Bonchev–Trinajstić information content (AvgIpc) is 1.85. The zero-order chi connectivity index (χ0) is 7.98. The van der Waals surface area contributed by atoms with Crippen LogP contribution in [0, 0.1) is 0 Å². The highest BCUT2D eigenvalue weighted by Crippen LogP contribution is 1.92. The fraction of sp³-hybridized carbons (Fsp3) is 1.00. The van der Waals surface area contributed by atoms with E-state index in [0.29, 0.717) is 19.6 Å². The Labute approximate surface area is 60.9 Å². The Balaban J connectivity index is 3.12. The van der Waals surface area contributed by atoms with Crippen LogP contribution in [0.25, 0.3) is 0 Å². The molecule has 2 N–H and O–H groups in total. The molecule has 10 heavy (non-hydrogen) atoms. The van der Waals surface area contributed by atoms with Crippen molar-refractivity contribution >= 4 is 0 Å². The topological polar surface area (TPSA) is 52.9 Å². The summed E-state index contributed by atoms with van der Waals surface area (Å²) in [5.41, 5.74) is 0. The van der Waals surface area contributed by atoms with Crippen LogP contribution in [0.5, 0.6) is 0 Å². The smallest absolute Gasteiger partial charge is 0.0683 e. The quantitative estimate of drug-likeness (QED) is 0.555. The maximum absolute atomic E-state index is 8.80. The van der Waals surface area contributed by atoms with Gasteiger partial charge in [-0.1, -0.05) is 5.23 Å². The predicted molar refractivity (Wildman–Crippen MR) is 36.4 cm³/mol. The number of rotatable bonds is 5. The molecule has 1 unspecified atom stereocenters. The maximum Gasteiger partial charge on any atom is 0.0683 e. The Morgan fingerprint density at radius 2 is 2.20 bits per heavy atom. The molecule has 0 radical (unpaired) electrons. The van der Waals surface area contributed by atoms with Gasteiger partial charge < -0.3 is 5.11 Å². The van der Waals surface area contributed by atoms with Gasteiger partial charge in [0.15, 0.2) is 0 Å². The van der Waals surface area contributed by atoms with Crippen LogP contribution in [0.15, 0.2) is 0 Å². The van der Waals surface area contributed by atoms with Gasteiger partial charge in [-0.25, -0.2) is 0 Å². The van der Waals surface area contributed by atoms with Crippen molar-refractivity contribution in [2.75, 3.05) is 13.2 Å². The third-order valence-corrected chi connectivity index (χ3v) is 1.02. The molecule has 0 amide bonds. The molecule has 0 aromatic rings. The number of nitrogens with zero attached hydrogens (tertiary/aromatic N) is 1. The van der Waals surface area contributed by atoms with Crippen LogP contribution in [-0.4, -0.2) is 34.8 Å². The van der Waals surface area contributed by atoms with Crippen molar-refractivity contribution in [3.8, 4) is 0 Å². The zero-order valence-electron chi connectivity index (χ0n) is 6.45. The molecule has 0 rings (SSSR count). The van der Waals surface area contributed by atoms with E-state index in [9.17, 15) is 0 Å². The minimum Gasteiger partial charge on any atom is -0.393 e. The van der Waals surface area contributed by atoms with Crippen LogP contribution in [0.4, 0.5) is 0 Å². The molecule has 0 fully saturated rings. The Hall–Kier alpha value is -0.160. The monoisotopic (exact) mass is 149 g/mol. The summed E-state index contributed by atoms with van der Waals surface area (Å²) >= 11 is 0. The molecule has 0 bridgehead atoms. The molecule has 0 aliphatic heterocycles. The zero-order valence-corrected chi connectivity index (χ0v) is 6.45. The van der Waals surface area contributed by atoms with E-state index in [2.05, 4.69) is 4.84 Å². The van der Waals surface area contributed by atoms with Gasteiger partial charge in [0.1, 0.15) is 0 Å². The molecule has 0 saturated heterocycles. The third kappa shape index (κ3) is 5.97. The molecular formula is C6H15NO3. The summed E-state index contributed by atoms with van der Waals surface area (Å²) in [6.07, 6.45) is 0.117. The molecule has 0 spiro atoms. The van der Waals surface area contributed by atoms with Crippen LogP contribution in [0.1, 0.15) is 20.3 Å². The minimum absolute atomic E-state index is 0.339. The van der Waals surface area contributed by atoms with Gasteiger partial charge in [-0.3, -0.25) is 10.0 Å². The van der Waals surface area contributed by atoms with E-state index in [-0.39, 0.29) is 0 Å². The van der Waals surface area contributed by atoms with Gasteiger partial charge in [-0.05, 0) is 20.3 Å². The normalized spacial score (nSPS) is 14.1. The number of hydroxylamine groups is 2. The molecule has 0 heterocycles. The van der Waals surface area contributed by atoms with E-state index in [0.717, 1.165) is 5.23 Å². The van der Waals surface area contributed by atoms with Crippen LogP contribution < -0.4 is 0 Å². The fourth-order valence-electron chi connectivity index (χ4n) is 0.511. The summed E-state index contributed by atoms with van der Waals surface area (Å²) in [6.45, 7) is 4.23. The van der Waals surface area contributed by atoms with E-state index >= 15 is 0 Å². The van der Waals surface area contributed by atoms with E-state index in [4.69, 9.17) is 10.3 Å². The lowest BCUT2D eigenvalue weighted by Crippen LogP contribution is -2.23. The van der Waals surface area contributed by atoms with Crippen LogP contribution in [0.2, 0.25) is 0 Å². The largest absolute Gasteiger partial charge is 0.393 e. The Morgan fingerprint density at radius 3 is 2.60 bits per heavy atom. The molecule has 62 valence electrons. The standard InChI is InChI=1S/C6H15NO3/c1-3-10-7(9)5-4-6(2)8/h6,8-9H,3-5H2,1-2H3. The Kier molecular flexibility index (Phi) is 5.52. The Morgan fingerprint density at radius 1 is 1.60 bits per heavy atom. The second-order valence-corrected chi connectivity index (χ2v) is 2.13. The summed E-state index contributed by atoms with van der Waals surface area (Å²) < 4.78 is 0. The van der Waals surface area contributed by atoms with E-state index in [1.54, 1.807) is 13.8 Å². The van der Waals surface area contributed by atoms with Gasteiger partial charge in [-0.2, -0.15) is 0 Å². The van der Waals surface area contributed by atoms with Crippen LogP contribution in [-0.2, 0) is 4.84 Å². The summed E-state index contributed by atoms with van der Waals surface area (Å²) in [6, 6.07) is 0. The molecule has 0 aliphatic carbocycles. The molecule has 1 atom stereocenters. The first-order valence-corrected chi connectivity index (χ1v) is 3.44. The summed E-state index contributed by atoms with van der Waals surface area (Å²) in [4.78, 5) is 4.67. The summed E-state index contributed by atoms with van der Waals surface area (Å²) in [5, 5.41) is 18.3. The molecule has 0 aromatic heterocycles. The average molecular weight is 149 g/mol. The van der Waals surface area contributed by atoms with Crippen molar-refractivity contribution in [1.29, 1.82) is 0 Å². The van der Waals surface area contributed by atoms with Crippen molar-refractivity contribution in [1.82, 2.24) is 5.23 Å². The van der Waals surface area contributed by atoms with Gasteiger partial charge in [0.05, 0.1) is 19.3 Å². The van der Waals surface area contributed by atoms with E-state index in [1.807, 2.05) is 0 Å². The van der Waals surface area contributed by atoms with E-state index < -0.39 is 6.10 Å². The first kappa shape index (κ1) is 9.84. The van der Waals surface area contributed by atoms with Gasteiger partial charge >= 0.3 is 0 Å². The van der Waals surface area contributed by atoms with Crippen LogP contribution in [0.3, 0.4) is 0 Å². The first-order chi connectivity index (χ1) is 4.66. The minimum atomic E-state index is -0.393. The second kappa shape index (κ2) is 5.61. The highest BCUT2D eigenvalue weighted by Gasteiger charge is 2.01. The molecule has 0 aliphatic rings.